The highest BCUT2D eigenvalue weighted by Crippen LogP contribution is 2.17. The molecule has 108 valence electrons. The van der Waals surface area contributed by atoms with Crippen molar-refractivity contribution in [2.45, 2.75) is 58.5 Å². The molecule has 1 aliphatic rings. The monoisotopic (exact) mass is 272 g/mol. The molecule has 0 aliphatic carbocycles. The van der Waals surface area contributed by atoms with Crippen LogP contribution in [0.2, 0.25) is 0 Å². The molecule has 0 aromatic heterocycles. The Morgan fingerprint density at radius 3 is 2.78 bits per heavy atom. The zero-order valence-electron chi connectivity index (χ0n) is 12.7. The molecule has 1 rings (SSSR count). The molecule has 2 atom stereocenters. The molecular weight excluding hydrogens is 240 g/mol. The molecular formula is C15H32N2S. The number of hydrogen-bond acceptors (Lipinski definition) is 3. The Morgan fingerprint density at radius 1 is 1.39 bits per heavy atom. The summed E-state index contributed by atoms with van der Waals surface area (Å²) in [4.78, 5) is 2.76. The van der Waals surface area contributed by atoms with Crippen molar-refractivity contribution in [2.24, 2.45) is 5.92 Å². The first-order chi connectivity index (χ1) is 8.67. The van der Waals surface area contributed by atoms with E-state index in [0.717, 1.165) is 18.0 Å². The summed E-state index contributed by atoms with van der Waals surface area (Å²) in [5.41, 5.74) is 0. The van der Waals surface area contributed by atoms with Crippen molar-refractivity contribution in [2.75, 3.05) is 31.6 Å². The molecule has 2 unspecified atom stereocenters. The zero-order chi connectivity index (χ0) is 13.4. The van der Waals surface area contributed by atoms with Gasteiger partial charge in [0, 0.05) is 25.2 Å². The summed E-state index contributed by atoms with van der Waals surface area (Å²) in [6.45, 7) is 10.7. The van der Waals surface area contributed by atoms with Crippen molar-refractivity contribution < 1.29 is 0 Å². The van der Waals surface area contributed by atoms with Gasteiger partial charge in [-0.3, -0.25) is 4.90 Å². The Bertz CT molecular complexity index is 209. The third-order valence-electron chi connectivity index (χ3n) is 3.79. The van der Waals surface area contributed by atoms with Gasteiger partial charge in [0.05, 0.1) is 0 Å². The van der Waals surface area contributed by atoms with Crippen LogP contribution in [0.5, 0.6) is 0 Å². The van der Waals surface area contributed by atoms with Crippen molar-refractivity contribution in [3.63, 3.8) is 0 Å². The molecule has 18 heavy (non-hydrogen) atoms. The van der Waals surface area contributed by atoms with Gasteiger partial charge in [0.2, 0.25) is 0 Å². The largest absolute Gasteiger partial charge is 0.311 e. The molecule has 1 aliphatic heterocycles. The predicted molar refractivity (Wildman–Crippen MR) is 84.5 cm³/mol. The minimum absolute atomic E-state index is 0.729. The van der Waals surface area contributed by atoms with E-state index in [1.54, 1.807) is 0 Å². The van der Waals surface area contributed by atoms with Crippen molar-refractivity contribution in [3.05, 3.63) is 0 Å². The maximum atomic E-state index is 3.75. The second kappa shape index (κ2) is 9.22. The average Bonchev–Trinajstić information content (AvgIpc) is 2.32. The number of piperazine rings is 1. The highest BCUT2D eigenvalue weighted by molar-refractivity contribution is 7.98. The molecule has 0 saturated carbocycles. The minimum Gasteiger partial charge on any atom is -0.311 e. The van der Waals surface area contributed by atoms with Crippen molar-refractivity contribution in [1.29, 1.82) is 0 Å². The van der Waals surface area contributed by atoms with Gasteiger partial charge in [-0.15, -0.1) is 0 Å². The lowest BCUT2D eigenvalue weighted by Gasteiger charge is -2.41. The fourth-order valence-electron chi connectivity index (χ4n) is 2.93. The number of rotatable bonds is 8. The first-order valence-electron chi connectivity index (χ1n) is 7.63. The van der Waals surface area contributed by atoms with Gasteiger partial charge in [-0.05, 0) is 43.7 Å². The predicted octanol–water partition coefficient (Wildman–Crippen LogP) is 3.23. The van der Waals surface area contributed by atoms with Crippen molar-refractivity contribution in [1.82, 2.24) is 10.2 Å². The smallest absolute Gasteiger partial charge is 0.0223 e. The van der Waals surface area contributed by atoms with Gasteiger partial charge >= 0.3 is 0 Å². The van der Waals surface area contributed by atoms with Gasteiger partial charge in [0.25, 0.3) is 0 Å². The van der Waals surface area contributed by atoms with Crippen LogP contribution in [-0.4, -0.2) is 48.6 Å². The lowest BCUT2D eigenvalue weighted by atomic mass is 9.97. The van der Waals surface area contributed by atoms with E-state index in [1.165, 1.54) is 51.1 Å². The van der Waals surface area contributed by atoms with Gasteiger partial charge in [-0.25, -0.2) is 0 Å². The molecule has 0 aromatic rings. The summed E-state index contributed by atoms with van der Waals surface area (Å²) < 4.78 is 0. The van der Waals surface area contributed by atoms with Crippen LogP contribution in [0, 0.1) is 5.92 Å². The molecule has 3 heteroatoms. The maximum absolute atomic E-state index is 3.75. The van der Waals surface area contributed by atoms with E-state index in [-0.39, 0.29) is 0 Å². The van der Waals surface area contributed by atoms with E-state index in [4.69, 9.17) is 0 Å². The molecule has 0 spiro atoms. The standard InChI is InChI=1S/C15H32N2S/c1-5-7-14-12-17(8-6-9-18-4)15(11-16-14)10-13(2)3/h13-16H,5-12H2,1-4H3. The Labute approximate surface area is 118 Å². The van der Waals surface area contributed by atoms with Gasteiger partial charge in [-0.2, -0.15) is 11.8 Å². The lowest BCUT2D eigenvalue weighted by Crippen LogP contribution is -2.56. The maximum Gasteiger partial charge on any atom is 0.0223 e. The van der Waals surface area contributed by atoms with Crippen LogP contribution < -0.4 is 5.32 Å². The van der Waals surface area contributed by atoms with Crippen LogP contribution in [0.15, 0.2) is 0 Å². The second-order valence-corrected chi connectivity index (χ2v) is 7.00. The molecule has 0 aromatic carbocycles. The first kappa shape index (κ1) is 16.3. The molecule has 0 amide bonds. The second-order valence-electron chi connectivity index (χ2n) is 6.02. The van der Waals surface area contributed by atoms with Crippen LogP contribution in [0.25, 0.3) is 0 Å². The van der Waals surface area contributed by atoms with Crippen LogP contribution in [0.4, 0.5) is 0 Å². The molecule has 0 bridgehead atoms. The summed E-state index contributed by atoms with van der Waals surface area (Å²) >= 11 is 1.97. The zero-order valence-corrected chi connectivity index (χ0v) is 13.6. The Morgan fingerprint density at radius 2 is 2.17 bits per heavy atom. The minimum atomic E-state index is 0.729. The number of nitrogens with zero attached hydrogens (tertiary/aromatic N) is 1. The van der Waals surface area contributed by atoms with Gasteiger partial charge in [0.1, 0.15) is 0 Å². The molecule has 2 nitrogen and oxygen atoms in total. The Balaban J connectivity index is 2.44. The third kappa shape index (κ3) is 5.94. The summed E-state index contributed by atoms with van der Waals surface area (Å²) in [6, 6.07) is 1.49. The van der Waals surface area contributed by atoms with Gasteiger partial charge in [0.15, 0.2) is 0 Å². The van der Waals surface area contributed by atoms with E-state index in [2.05, 4.69) is 37.2 Å². The first-order valence-corrected chi connectivity index (χ1v) is 9.03. The highest BCUT2D eigenvalue weighted by atomic mass is 32.2. The van der Waals surface area contributed by atoms with Crippen LogP contribution in [0.1, 0.15) is 46.5 Å². The SMILES string of the molecule is CCCC1CN(CCCSC)C(CC(C)C)CN1. The fraction of sp³-hybridized carbons (Fsp3) is 1.00. The topological polar surface area (TPSA) is 15.3 Å². The van der Waals surface area contributed by atoms with E-state index >= 15 is 0 Å². The summed E-state index contributed by atoms with van der Waals surface area (Å²) in [5, 5.41) is 3.75. The summed E-state index contributed by atoms with van der Waals surface area (Å²) in [6.07, 6.45) is 7.52. The van der Waals surface area contributed by atoms with Crippen LogP contribution in [-0.2, 0) is 0 Å². The van der Waals surface area contributed by atoms with Crippen molar-refractivity contribution in [3.8, 4) is 0 Å². The van der Waals surface area contributed by atoms with E-state index < -0.39 is 0 Å². The normalized spacial score (nSPS) is 25.8. The van der Waals surface area contributed by atoms with E-state index in [1.807, 2.05) is 11.8 Å². The van der Waals surface area contributed by atoms with Crippen LogP contribution in [0.3, 0.4) is 0 Å². The van der Waals surface area contributed by atoms with Crippen LogP contribution >= 0.6 is 11.8 Å². The quantitative estimate of drug-likeness (QED) is 0.683. The van der Waals surface area contributed by atoms with Crippen molar-refractivity contribution >= 4 is 11.8 Å². The fourth-order valence-corrected chi connectivity index (χ4v) is 3.35. The summed E-state index contributed by atoms with van der Waals surface area (Å²) in [7, 11) is 0. The van der Waals surface area contributed by atoms with Gasteiger partial charge < -0.3 is 5.32 Å². The molecule has 1 saturated heterocycles. The molecule has 1 heterocycles. The highest BCUT2D eigenvalue weighted by Gasteiger charge is 2.27. The Kier molecular flexibility index (Phi) is 8.36. The third-order valence-corrected chi connectivity index (χ3v) is 4.48. The summed E-state index contributed by atoms with van der Waals surface area (Å²) in [5.74, 6) is 2.11. The van der Waals surface area contributed by atoms with E-state index in [0.29, 0.717) is 0 Å². The molecule has 1 N–H and O–H groups in total. The number of hydrogen-bond donors (Lipinski definition) is 1. The Hall–Kier alpha value is 0.270. The molecule has 0 radical (unpaired) electrons. The number of thioether (sulfide) groups is 1. The van der Waals surface area contributed by atoms with Gasteiger partial charge in [-0.1, -0.05) is 27.2 Å². The molecule has 1 fully saturated rings. The lowest BCUT2D eigenvalue weighted by molar-refractivity contribution is 0.111. The van der Waals surface area contributed by atoms with E-state index in [9.17, 15) is 0 Å². The number of nitrogens with one attached hydrogen (secondary N) is 1. The average molecular weight is 273 g/mol.